The lowest BCUT2D eigenvalue weighted by molar-refractivity contribution is -0.134. The third kappa shape index (κ3) is 3.51. The number of thiophene rings is 1. The summed E-state index contributed by atoms with van der Waals surface area (Å²) in [5, 5.41) is 4.97. The molecule has 0 aromatic carbocycles. The van der Waals surface area contributed by atoms with Crippen LogP contribution in [0, 0.1) is 0 Å². The molecule has 0 spiro atoms. The highest BCUT2D eigenvalue weighted by Gasteiger charge is 2.31. The number of rotatable bonds is 4. The molecular weight excluding hydrogens is 322 g/mol. The number of likely N-dealkylation sites (tertiary alicyclic amines) is 1. The zero-order valence-electron chi connectivity index (χ0n) is 12.3. The fourth-order valence-electron chi connectivity index (χ4n) is 3.03. The molecule has 1 aromatic heterocycles. The van der Waals surface area contributed by atoms with Gasteiger partial charge in [-0.3, -0.25) is 4.79 Å². The molecule has 2 saturated heterocycles. The first-order valence-corrected chi connectivity index (χ1v) is 10.0. The maximum absolute atomic E-state index is 12.3. The van der Waals surface area contributed by atoms with E-state index in [9.17, 15) is 13.2 Å². The Kier molecular flexibility index (Phi) is 4.82. The third-order valence-electron chi connectivity index (χ3n) is 4.25. The van der Waals surface area contributed by atoms with E-state index < -0.39 is 10.0 Å². The van der Waals surface area contributed by atoms with Crippen molar-refractivity contribution in [2.75, 3.05) is 19.6 Å². The van der Waals surface area contributed by atoms with Crippen molar-refractivity contribution in [3.05, 3.63) is 17.5 Å². The van der Waals surface area contributed by atoms with Gasteiger partial charge in [-0.05, 0) is 43.7 Å². The second-order valence-electron chi connectivity index (χ2n) is 5.80. The monoisotopic (exact) mass is 343 g/mol. The molecule has 22 heavy (non-hydrogen) atoms. The molecule has 1 atom stereocenters. The minimum absolute atomic E-state index is 0.0423. The molecule has 1 aromatic rings. The number of nitrogens with one attached hydrogen (secondary N) is 2. The summed E-state index contributed by atoms with van der Waals surface area (Å²) in [6.07, 6.45) is 3.30. The van der Waals surface area contributed by atoms with E-state index in [2.05, 4.69) is 10.0 Å². The Balaban J connectivity index is 1.52. The van der Waals surface area contributed by atoms with Gasteiger partial charge in [-0.25, -0.2) is 13.1 Å². The molecule has 3 rings (SSSR count). The Morgan fingerprint density at radius 2 is 2.09 bits per heavy atom. The second-order valence-corrected chi connectivity index (χ2v) is 8.69. The van der Waals surface area contributed by atoms with Gasteiger partial charge in [0.2, 0.25) is 15.9 Å². The fraction of sp³-hybridized carbons (Fsp3) is 0.643. The summed E-state index contributed by atoms with van der Waals surface area (Å²) in [6, 6.07) is 3.21. The summed E-state index contributed by atoms with van der Waals surface area (Å²) in [7, 11) is -3.42. The van der Waals surface area contributed by atoms with E-state index in [0.717, 1.165) is 19.4 Å². The number of piperidine rings is 1. The minimum atomic E-state index is -3.42. The van der Waals surface area contributed by atoms with Crippen molar-refractivity contribution in [2.45, 2.75) is 42.0 Å². The first-order chi connectivity index (χ1) is 10.6. The summed E-state index contributed by atoms with van der Waals surface area (Å²) in [6.45, 7) is 2.15. The second kappa shape index (κ2) is 6.66. The minimum Gasteiger partial charge on any atom is -0.341 e. The van der Waals surface area contributed by atoms with Gasteiger partial charge in [-0.2, -0.15) is 0 Å². The first kappa shape index (κ1) is 15.9. The highest BCUT2D eigenvalue weighted by Crippen LogP contribution is 2.19. The molecule has 0 aliphatic carbocycles. The Hall–Kier alpha value is -0.960. The Bertz CT molecular complexity index is 601. The van der Waals surface area contributed by atoms with Crippen LogP contribution < -0.4 is 10.0 Å². The smallest absolute Gasteiger partial charge is 0.250 e. The van der Waals surface area contributed by atoms with Crippen LogP contribution in [0.15, 0.2) is 21.7 Å². The van der Waals surface area contributed by atoms with Gasteiger partial charge in [0.05, 0.1) is 6.04 Å². The van der Waals surface area contributed by atoms with Crippen LogP contribution in [0.4, 0.5) is 0 Å². The van der Waals surface area contributed by atoms with Crippen LogP contribution in [0.5, 0.6) is 0 Å². The highest BCUT2D eigenvalue weighted by molar-refractivity contribution is 7.91. The van der Waals surface area contributed by atoms with Crippen molar-refractivity contribution >= 4 is 27.3 Å². The molecule has 1 amide bonds. The van der Waals surface area contributed by atoms with Crippen molar-refractivity contribution in [2.24, 2.45) is 0 Å². The van der Waals surface area contributed by atoms with Crippen LogP contribution in [0.2, 0.25) is 0 Å². The molecule has 0 radical (unpaired) electrons. The number of carbonyl (C=O) groups is 1. The average molecular weight is 343 g/mol. The normalized spacial score (nSPS) is 23.8. The van der Waals surface area contributed by atoms with E-state index in [4.69, 9.17) is 0 Å². The van der Waals surface area contributed by atoms with Crippen LogP contribution in [0.3, 0.4) is 0 Å². The molecule has 0 bridgehead atoms. The molecule has 2 aliphatic rings. The Morgan fingerprint density at radius 1 is 1.32 bits per heavy atom. The molecule has 1 unspecified atom stereocenters. The fourth-order valence-corrected chi connectivity index (χ4v) is 5.34. The summed E-state index contributed by atoms with van der Waals surface area (Å²) in [4.78, 5) is 14.2. The van der Waals surface area contributed by atoms with Gasteiger partial charge < -0.3 is 10.2 Å². The van der Waals surface area contributed by atoms with Crippen molar-refractivity contribution in [3.8, 4) is 0 Å². The lowest BCUT2D eigenvalue weighted by Crippen LogP contribution is -2.50. The molecule has 2 aliphatic heterocycles. The van der Waals surface area contributed by atoms with Crippen molar-refractivity contribution in [3.63, 3.8) is 0 Å². The van der Waals surface area contributed by atoms with E-state index >= 15 is 0 Å². The zero-order chi connectivity index (χ0) is 15.6. The maximum Gasteiger partial charge on any atom is 0.250 e. The summed E-state index contributed by atoms with van der Waals surface area (Å²) >= 11 is 1.22. The van der Waals surface area contributed by atoms with Crippen molar-refractivity contribution < 1.29 is 13.2 Å². The van der Waals surface area contributed by atoms with Crippen molar-refractivity contribution in [1.29, 1.82) is 0 Å². The van der Waals surface area contributed by atoms with E-state index in [1.165, 1.54) is 11.3 Å². The van der Waals surface area contributed by atoms with Gasteiger partial charge in [0.25, 0.3) is 0 Å². The predicted octanol–water partition coefficient (Wildman–Crippen LogP) is 0.769. The van der Waals surface area contributed by atoms with Crippen molar-refractivity contribution in [1.82, 2.24) is 14.9 Å². The van der Waals surface area contributed by atoms with E-state index in [0.29, 0.717) is 30.1 Å². The topological polar surface area (TPSA) is 78.5 Å². The van der Waals surface area contributed by atoms with Gasteiger partial charge in [0.15, 0.2) is 0 Å². The summed E-state index contributed by atoms with van der Waals surface area (Å²) in [5.41, 5.74) is 0. The van der Waals surface area contributed by atoms with Crippen LogP contribution in [-0.4, -0.2) is 50.9 Å². The number of nitrogens with zero attached hydrogens (tertiary/aromatic N) is 1. The number of carbonyl (C=O) groups excluding carboxylic acids is 1. The van der Waals surface area contributed by atoms with Crippen LogP contribution >= 0.6 is 11.3 Å². The lowest BCUT2D eigenvalue weighted by atomic mass is 10.0. The van der Waals surface area contributed by atoms with Gasteiger partial charge in [-0.1, -0.05) is 6.07 Å². The SMILES string of the molecule is O=C(C1CCCN1)N1CCC(NS(=O)(=O)c2cccs2)CC1. The maximum atomic E-state index is 12.3. The number of sulfonamides is 1. The van der Waals surface area contributed by atoms with Gasteiger partial charge in [-0.15, -0.1) is 11.3 Å². The van der Waals surface area contributed by atoms with Crippen LogP contribution in [0.1, 0.15) is 25.7 Å². The van der Waals surface area contributed by atoms with Crippen LogP contribution in [0.25, 0.3) is 0 Å². The first-order valence-electron chi connectivity index (χ1n) is 7.64. The van der Waals surface area contributed by atoms with E-state index in [-0.39, 0.29) is 18.0 Å². The molecule has 2 N–H and O–H groups in total. The largest absolute Gasteiger partial charge is 0.341 e. The molecule has 8 heteroatoms. The highest BCUT2D eigenvalue weighted by atomic mass is 32.2. The molecule has 0 saturated carbocycles. The van der Waals surface area contributed by atoms with Crippen LogP contribution in [-0.2, 0) is 14.8 Å². The predicted molar refractivity (Wildman–Crippen MR) is 85.3 cm³/mol. The molecule has 6 nitrogen and oxygen atoms in total. The Labute approximate surface area is 134 Å². The van der Waals surface area contributed by atoms with E-state index in [1.807, 2.05) is 4.90 Å². The summed E-state index contributed by atoms with van der Waals surface area (Å²) in [5.74, 6) is 0.164. The quantitative estimate of drug-likeness (QED) is 0.846. The molecule has 122 valence electrons. The van der Waals surface area contributed by atoms with Gasteiger partial charge >= 0.3 is 0 Å². The molecule has 2 fully saturated rings. The van der Waals surface area contributed by atoms with Gasteiger partial charge in [0, 0.05) is 19.1 Å². The van der Waals surface area contributed by atoms with Gasteiger partial charge in [0.1, 0.15) is 4.21 Å². The standard InChI is InChI=1S/C14H21N3O3S2/c18-14(12-3-1-7-15-12)17-8-5-11(6-9-17)16-22(19,20)13-4-2-10-21-13/h2,4,10-12,15-16H,1,3,5-9H2. The number of amides is 1. The molecular formula is C14H21N3O3S2. The number of hydrogen-bond donors (Lipinski definition) is 2. The molecule has 3 heterocycles. The number of hydrogen-bond acceptors (Lipinski definition) is 5. The summed E-state index contributed by atoms with van der Waals surface area (Å²) < 4.78 is 27.5. The van der Waals surface area contributed by atoms with E-state index in [1.54, 1.807) is 17.5 Å². The lowest BCUT2D eigenvalue weighted by Gasteiger charge is -2.33. The third-order valence-corrected chi connectivity index (χ3v) is 7.16. The average Bonchev–Trinajstić information content (AvgIpc) is 3.20. The zero-order valence-corrected chi connectivity index (χ0v) is 14.0. The Morgan fingerprint density at radius 3 is 2.68 bits per heavy atom.